The number of anilines is 1. The summed E-state index contributed by atoms with van der Waals surface area (Å²) in [5.41, 5.74) is 2.29. The number of nitrogens with zero attached hydrogens (tertiary/aromatic N) is 3. The normalized spacial score (nSPS) is 17.0. The van der Waals surface area contributed by atoms with Crippen LogP contribution in [-0.4, -0.2) is 40.4 Å². The lowest BCUT2D eigenvalue weighted by molar-refractivity contribution is -0.122. The smallest absolute Gasteiger partial charge is 0.240 e. The van der Waals surface area contributed by atoms with Crippen LogP contribution in [0.4, 0.5) is 5.82 Å². The van der Waals surface area contributed by atoms with Gasteiger partial charge >= 0.3 is 0 Å². The Morgan fingerprint density at radius 1 is 1.24 bits per heavy atom. The molecule has 0 saturated carbocycles. The summed E-state index contributed by atoms with van der Waals surface area (Å²) in [6, 6.07) is 7.79. The number of nitrogens with one attached hydrogen (secondary N) is 1. The molecule has 1 aromatic heterocycles. The first-order valence-corrected chi connectivity index (χ1v) is 12.8. The summed E-state index contributed by atoms with van der Waals surface area (Å²) in [5, 5.41) is 8.51. The van der Waals surface area contributed by atoms with Crippen LogP contribution >= 0.6 is 23.4 Å². The quantitative estimate of drug-likeness (QED) is 0.618. The van der Waals surface area contributed by atoms with Crippen molar-refractivity contribution >= 4 is 41.0 Å². The maximum absolute atomic E-state index is 13.4. The summed E-state index contributed by atoms with van der Waals surface area (Å²) in [7, 11) is 0. The number of benzene rings is 1. The van der Waals surface area contributed by atoms with E-state index in [-0.39, 0.29) is 40.3 Å². The first kappa shape index (κ1) is 25.6. The number of hydrogen-bond acceptors (Lipinski definition) is 4. The molecule has 1 atom stereocenters. The van der Waals surface area contributed by atoms with E-state index in [1.165, 1.54) is 0 Å². The van der Waals surface area contributed by atoms with Gasteiger partial charge in [0.2, 0.25) is 11.8 Å². The molecule has 0 fully saturated rings. The van der Waals surface area contributed by atoms with Gasteiger partial charge in [-0.3, -0.25) is 14.5 Å². The molecule has 0 unspecified atom stereocenters. The van der Waals surface area contributed by atoms with Crippen molar-refractivity contribution in [3.8, 4) is 0 Å². The van der Waals surface area contributed by atoms with Crippen molar-refractivity contribution in [3.05, 3.63) is 46.1 Å². The molecule has 3 rings (SSSR count). The number of hydrogen-bond donors (Lipinski definition) is 1. The van der Waals surface area contributed by atoms with Crippen molar-refractivity contribution in [1.29, 1.82) is 0 Å². The number of rotatable bonds is 5. The molecule has 2 aromatic rings. The van der Waals surface area contributed by atoms with E-state index in [1.54, 1.807) is 16.7 Å². The SMILES string of the molecule is CCCNC(=O)CN1C(=O)CS[C@H](c2cccc(Cl)c2)c2c(C(C)(C)C)nn(C(C)(C)C)c21. The molecule has 33 heavy (non-hydrogen) atoms. The molecule has 2 heterocycles. The first-order valence-electron chi connectivity index (χ1n) is 11.4. The number of halogens is 1. The fraction of sp³-hybridized carbons (Fsp3) is 0.560. The van der Waals surface area contributed by atoms with Crippen LogP contribution in [0, 0.1) is 0 Å². The number of carbonyl (C=O) groups is 2. The average Bonchev–Trinajstić information content (AvgIpc) is 3.06. The summed E-state index contributed by atoms with van der Waals surface area (Å²) >= 11 is 7.92. The molecule has 6 nitrogen and oxygen atoms in total. The largest absolute Gasteiger partial charge is 0.355 e. The second-order valence-corrected chi connectivity index (χ2v) is 12.0. The molecule has 1 aromatic carbocycles. The van der Waals surface area contributed by atoms with Crippen LogP contribution in [0.15, 0.2) is 24.3 Å². The van der Waals surface area contributed by atoms with Gasteiger partial charge in [-0.1, -0.05) is 51.4 Å². The summed E-state index contributed by atoms with van der Waals surface area (Å²) in [6.45, 7) is 15.2. The topological polar surface area (TPSA) is 67.2 Å². The van der Waals surface area contributed by atoms with Crippen molar-refractivity contribution in [1.82, 2.24) is 15.1 Å². The Balaban J connectivity index is 2.29. The highest BCUT2D eigenvalue weighted by Gasteiger charge is 2.41. The van der Waals surface area contributed by atoms with Gasteiger partial charge in [0.15, 0.2) is 0 Å². The molecular weight excluding hydrogens is 456 g/mol. The van der Waals surface area contributed by atoms with E-state index in [2.05, 4.69) is 46.9 Å². The molecule has 180 valence electrons. The summed E-state index contributed by atoms with van der Waals surface area (Å²) in [5.74, 6) is 0.712. The van der Waals surface area contributed by atoms with Crippen LogP contribution in [0.3, 0.4) is 0 Å². The molecule has 1 aliphatic rings. The molecule has 0 radical (unpaired) electrons. The van der Waals surface area contributed by atoms with Gasteiger partial charge in [-0.15, -0.1) is 11.8 Å². The second kappa shape index (κ2) is 9.71. The molecular formula is C25H35ClN4O2S. The Hall–Kier alpha value is -1.99. The highest BCUT2D eigenvalue weighted by atomic mass is 35.5. The lowest BCUT2D eigenvalue weighted by atomic mass is 9.87. The van der Waals surface area contributed by atoms with E-state index in [1.807, 2.05) is 35.9 Å². The van der Waals surface area contributed by atoms with E-state index in [0.717, 1.165) is 23.2 Å². The predicted octanol–water partition coefficient (Wildman–Crippen LogP) is 5.28. The standard InChI is InChI=1S/C25H35ClN4O2S/c1-8-12-27-18(31)14-29-19(32)15-33-21(16-10-9-11-17(26)13-16)20-22(24(2,3)4)28-30(23(20)29)25(5,6)7/h9-11,13,21H,8,12,14-15H2,1-7H3,(H,27,31)/t21-/m1/s1. The van der Waals surface area contributed by atoms with Gasteiger partial charge in [0.25, 0.3) is 0 Å². The van der Waals surface area contributed by atoms with Gasteiger partial charge in [0, 0.05) is 22.5 Å². The van der Waals surface area contributed by atoms with E-state index in [4.69, 9.17) is 16.7 Å². The predicted molar refractivity (Wildman–Crippen MR) is 137 cm³/mol. The Labute approximate surface area is 206 Å². The van der Waals surface area contributed by atoms with Gasteiger partial charge in [0.05, 0.1) is 22.2 Å². The van der Waals surface area contributed by atoms with Crippen molar-refractivity contribution < 1.29 is 9.59 Å². The third kappa shape index (κ3) is 5.57. The average molecular weight is 491 g/mol. The summed E-state index contributed by atoms with van der Waals surface area (Å²) in [4.78, 5) is 27.8. The molecule has 1 aliphatic heterocycles. The minimum atomic E-state index is -0.389. The van der Waals surface area contributed by atoms with Gasteiger partial charge < -0.3 is 5.32 Å². The van der Waals surface area contributed by atoms with Crippen LogP contribution in [0.5, 0.6) is 0 Å². The van der Waals surface area contributed by atoms with Gasteiger partial charge in [-0.25, -0.2) is 4.68 Å². The van der Waals surface area contributed by atoms with E-state index >= 15 is 0 Å². The molecule has 0 bridgehead atoms. The number of aromatic nitrogens is 2. The van der Waals surface area contributed by atoms with Crippen molar-refractivity contribution in [3.63, 3.8) is 0 Å². The van der Waals surface area contributed by atoms with Crippen LogP contribution in [-0.2, 0) is 20.5 Å². The first-order chi connectivity index (χ1) is 15.3. The number of carbonyl (C=O) groups excluding carboxylic acids is 2. The van der Waals surface area contributed by atoms with E-state index < -0.39 is 0 Å². The highest BCUT2D eigenvalue weighted by Crippen LogP contribution is 2.49. The fourth-order valence-electron chi connectivity index (χ4n) is 3.94. The summed E-state index contributed by atoms with van der Waals surface area (Å²) < 4.78 is 1.93. The maximum atomic E-state index is 13.4. The van der Waals surface area contributed by atoms with Crippen LogP contribution < -0.4 is 10.2 Å². The van der Waals surface area contributed by atoms with Crippen molar-refractivity contribution in [2.24, 2.45) is 0 Å². The molecule has 8 heteroatoms. The Kier molecular flexibility index (Phi) is 7.54. The van der Waals surface area contributed by atoms with E-state index in [9.17, 15) is 9.59 Å². The van der Waals surface area contributed by atoms with Crippen LogP contribution in [0.25, 0.3) is 0 Å². The zero-order valence-corrected chi connectivity index (χ0v) is 22.2. The molecule has 1 N–H and O–H groups in total. The molecule has 0 spiro atoms. The van der Waals surface area contributed by atoms with Crippen molar-refractivity contribution in [2.45, 2.75) is 71.1 Å². The van der Waals surface area contributed by atoms with Crippen LogP contribution in [0.2, 0.25) is 5.02 Å². The zero-order valence-electron chi connectivity index (χ0n) is 20.7. The molecule has 0 aliphatic carbocycles. The monoisotopic (exact) mass is 490 g/mol. The zero-order chi connectivity index (χ0) is 24.6. The third-order valence-electron chi connectivity index (χ3n) is 5.46. The van der Waals surface area contributed by atoms with E-state index in [0.29, 0.717) is 17.4 Å². The van der Waals surface area contributed by atoms with Gasteiger partial charge in [-0.05, 0) is 44.9 Å². The number of fused-ring (bicyclic) bond motifs is 1. The highest BCUT2D eigenvalue weighted by molar-refractivity contribution is 8.00. The lowest BCUT2D eigenvalue weighted by Crippen LogP contribution is -2.43. The van der Waals surface area contributed by atoms with Gasteiger partial charge in [0.1, 0.15) is 12.4 Å². The van der Waals surface area contributed by atoms with Gasteiger partial charge in [-0.2, -0.15) is 5.10 Å². The Bertz CT molecular complexity index is 1040. The Morgan fingerprint density at radius 3 is 2.52 bits per heavy atom. The third-order valence-corrected chi connectivity index (χ3v) is 6.95. The Morgan fingerprint density at radius 2 is 1.94 bits per heavy atom. The molecule has 2 amide bonds. The van der Waals surface area contributed by atoms with Crippen molar-refractivity contribution in [2.75, 3.05) is 23.7 Å². The maximum Gasteiger partial charge on any atom is 0.240 e. The second-order valence-electron chi connectivity index (χ2n) is 10.5. The molecule has 0 saturated heterocycles. The minimum Gasteiger partial charge on any atom is -0.355 e. The number of amides is 2. The number of thioether (sulfide) groups is 1. The lowest BCUT2D eigenvalue weighted by Gasteiger charge is -2.29. The summed E-state index contributed by atoms with van der Waals surface area (Å²) in [6.07, 6.45) is 0.839. The van der Waals surface area contributed by atoms with Crippen LogP contribution in [0.1, 0.15) is 77.0 Å². The minimum absolute atomic E-state index is 0.0278. The fourth-order valence-corrected chi connectivity index (χ4v) is 5.32.